The van der Waals surface area contributed by atoms with Gasteiger partial charge in [0.2, 0.25) is 0 Å². The molecule has 4 nitrogen and oxygen atoms in total. The first-order valence-corrected chi connectivity index (χ1v) is 9.12. The van der Waals surface area contributed by atoms with Crippen LogP contribution in [0.25, 0.3) is 0 Å². The molecule has 0 radical (unpaired) electrons. The van der Waals surface area contributed by atoms with Crippen molar-refractivity contribution in [2.45, 2.75) is 53.5 Å². The van der Waals surface area contributed by atoms with E-state index in [1.54, 1.807) is 13.8 Å². The summed E-state index contributed by atoms with van der Waals surface area (Å²) in [5.41, 5.74) is 0. The van der Waals surface area contributed by atoms with Crippen molar-refractivity contribution in [2.24, 2.45) is 0 Å². The number of nitrogens with zero attached hydrogens (tertiary/aromatic N) is 1. The highest BCUT2D eigenvalue weighted by atomic mass is 31.2. The quantitative estimate of drug-likeness (QED) is 0.714. The summed E-state index contributed by atoms with van der Waals surface area (Å²) in [4.78, 5) is 0. The second-order valence-electron chi connectivity index (χ2n) is 3.64. The van der Waals surface area contributed by atoms with E-state index in [0.29, 0.717) is 13.2 Å². The molecule has 0 saturated carbocycles. The fourth-order valence-electron chi connectivity index (χ4n) is 1.97. The molecular weight excluding hydrogens is 249 g/mol. The van der Waals surface area contributed by atoms with Crippen LogP contribution in [-0.4, -0.2) is 44.2 Å². The van der Waals surface area contributed by atoms with E-state index >= 15 is 0 Å². The number of rotatable bonds is 5. The van der Waals surface area contributed by atoms with Crippen LogP contribution in [0.3, 0.4) is 0 Å². The number of hydrogen-bond acceptors (Lipinski definition) is 3. The Bertz CT molecular complexity index is 224. The van der Waals surface area contributed by atoms with Crippen molar-refractivity contribution in [3.05, 3.63) is 0 Å². The SMILES string of the molecule is CC.CC.CCOP(C)(=O)N1CCCC1COC. The van der Waals surface area contributed by atoms with Crippen LogP contribution >= 0.6 is 7.52 Å². The monoisotopic (exact) mass is 281 g/mol. The van der Waals surface area contributed by atoms with E-state index in [2.05, 4.69) is 0 Å². The first-order valence-electron chi connectivity index (χ1n) is 7.10. The lowest BCUT2D eigenvalue weighted by Crippen LogP contribution is -2.30. The van der Waals surface area contributed by atoms with Crippen molar-refractivity contribution < 1.29 is 13.8 Å². The fourth-order valence-corrected chi connectivity index (χ4v) is 3.88. The molecule has 0 bridgehead atoms. The van der Waals surface area contributed by atoms with Gasteiger partial charge in [0, 0.05) is 26.4 Å². The Labute approximate surface area is 114 Å². The molecule has 1 aliphatic heterocycles. The highest BCUT2D eigenvalue weighted by Gasteiger charge is 2.35. The fraction of sp³-hybridized carbons (Fsp3) is 1.00. The minimum Gasteiger partial charge on any atom is -0.383 e. The molecule has 0 N–H and O–H groups in total. The van der Waals surface area contributed by atoms with Gasteiger partial charge in [-0.3, -0.25) is 4.57 Å². The Balaban J connectivity index is 0. The predicted molar refractivity (Wildman–Crippen MR) is 79.5 cm³/mol. The van der Waals surface area contributed by atoms with Crippen LogP contribution in [0.5, 0.6) is 0 Å². The zero-order valence-electron chi connectivity index (χ0n) is 13.2. The zero-order chi connectivity index (χ0) is 14.6. The predicted octanol–water partition coefficient (Wildman–Crippen LogP) is 4.01. The molecule has 0 spiro atoms. The summed E-state index contributed by atoms with van der Waals surface area (Å²) in [5.74, 6) is 0. The van der Waals surface area contributed by atoms with Crippen LogP contribution < -0.4 is 0 Å². The molecule has 1 rings (SSSR count). The zero-order valence-corrected chi connectivity index (χ0v) is 14.1. The Morgan fingerprint density at radius 3 is 2.28 bits per heavy atom. The number of ether oxygens (including phenoxy) is 1. The van der Waals surface area contributed by atoms with Gasteiger partial charge in [-0.15, -0.1) is 0 Å². The van der Waals surface area contributed by atoms with Gasteiger partial charge in [-0.25, -0.2) is 4.67 Å². The van der Waals surface area contributed by atoms with Crippen LogP contribution in [0.2, 0.25) is 0 Å². The maximum Gasteiger partial charge on any atom is 0.269 e. The van der Waals surface area contributed by atoms with Crippen LogP contribution in [0.15, 0.2) is 0 Å². The average Bonchev–Trinajstić information content (AvgIpc) is 2.84. The van der Waals surface area contributed by atoms with Crippen molar-refractivity contribution in [2.75, 3.05) is 33.5 Å². The maximum atomic E-state index is 12.1. The molecule has 1 aliphatic rings. The summed E-state index contributed by atoms with van der Waals surface area (Å²) in [6.45, 7) is 13.6. The first kappa shape index (κ1) is 20.4. The molecule has 2 atom stereocenters. The van der Waals surface area contributed by atoms with E-state index in [-0.39, 0.29) is 6.04 Å². The highest BCUT2D eigenvalue weighted by Crippen LogP contribution is 2.50. The highest BCUT2D eigenvalue weighted by molar-refractivity contribution is 7.55. The van der Waals surface area contributed by atoms with Gasteiger partial charge in [0.15, 0.2) is 0 Å². The summed E-state index contributed by atoms with van der Waals surface area (Å²) in [6, 6.07) is 0.266. The van der Waals surface area contributed by atoms with Crippen LogP contribution in [0.1, 0.15) is 47.5 Å². The lowest BCUT2D eigenvalue weighted by atomic mass is 10.2. The van der Waals surface area contributed by atoms with Gasteiger partial charge >= 0.3 is 0 Å². The summed E-state index contributed by atoms with van der Waals surface area (Å²) in [6.07, 6.45) is 2.14. The molecule has 112 valence electrons. The Kier molecular flexibility index (Phi) is 13.8. The molecule has 0 aliphatic carbocycles. The second kappa shape index (κ2) is 12.2. The third kappa shape index (κ3) is 6.89. The molecule has 18 heavy (non-hydrogen) atoms. The Morgan fingerprint density at radius 2 is 1.83 bits per heavy atom. The molecule has 0 aromatic carbocycles. The third-order valence-electron chi connectivity index (χ3n) is 2.54. The van der Waals surface area contributed by atoms with E-state index in [4.69, 9.17) is 9.26 Å². The largest absolute Gasteiger partial charge is 0.383 e. The topological polar surface area (TPSA) is 38.8 Å². The van der Waals surface area contributed by atoms with E-state index in [1.165, 1.54) is 0 Å². The van der Waals surface area contributed by atoms with Gasteiger partial charge in [-0.2, -0.15) is 0 Å². The molecule has 1 fully saturated rings. The Hall–Kier alpha value is 0.110. The standard InChI is InChI=1S/C9H20NO3P.2C2H6/c1-4-13-14(3,11)10-7-5-6-9(10)8-12-2;2*1-2/h9H,4-8H2,1-3H3;2*1-2H3. The average molecular weight is 281 g/mol. The summed E-state index contributed by atoms with van der Waals surface area (Å²) in [7, 11) is -0.894. The normalized spacial score (nSPS) is 22.3. The molecule has 1 heterocycles. The van der Waals surface area contributed by atoms with E-state index < -0.39 is 7.52 Å². The van der Waals surface area contributed by atoms with Crippen molar-refractivity contribution in [3.8, 4) is 0 Å². The van der Waals surface area contributed by atoms with Crippen molar-refractivity contribution in [1.82, 2.24) is 4.67 Å². The number of hydrogen-bond donors (Lipinski definition) is 0. The van der Waals surface area contributed by atoms with E-state index in [9.17, 15) is 4.57 Å². The van der Waals surface area contributed by atoms with Crippen molar-refractivity contribution >= 4 is 7.52 Å². The third-order valence-corrected chi connectivity index (χ3v) is 4.74. The van der Waals surface area contributed by atoms with Gasteiger partial charge in [0.25, 0.3) is 7.52 Å². The molecule has 2 unspecified atom stereocenters. The van der Waals surface area contributed by atoms with Gasteiger partial charge in [-0.1, -0.05) is 27.7 Å². The molecule has 1 saturated heterocycles. The summed E-state index contributed by atoms with van der Waals surface area (Å²) < 4.78 is 24.5. The smallest absolute Gasteiger partial charge is 0.269 e. The lowest BCUT2D eigenvalue weighted by molar-refractivity contribution is 0.140. The van der Waals surface area contributed by atoms with Crippen molar-refractivity contribution in [1.29, 1.82) is 0 Å². The summed E-state index contributed by atoms with van der Waals surface area (Å²) >= 11 is 0. The van der Waals surface area contributed by atoms with Crippen LogP contribution in [-0.2, 0) is 13.8 Å². The lowest BCUT2D eigenvalue weighted by Gasteiger charge is -2.29. The molecule has 5 heteroatoms. The van der Waals surface area contributed by atoms with Crippen LogP contribution in [0, 0.1) is 0 Å². The van der Waals surface area contributed by atoms with Gasteiger partial charge < -0.3 is 9.26 Å². The molecule has 0 aromatic rings. The van der Waals surface area contributed by atoms with E-state index in [1.807, 2.05) is 39.3 Å². The van der Waals surface area contributed by atoms with Gasteiger partial charge in [0.1, 0.15) is 0 Å². The van der Waals surface area contributed by atoms with E-state index in [0.717, 1.165) is 19.4 Å². The first-order chi connectivity index (χ1) is 8.61. The van der Waals surface area contributed by atoms with Crippen molar-refractivity contribution in [3.63, 3.8) is 0 Å². The van der Waals surface area contributed by atoms with Crippen LogP contribution in [0.4, 0.5) is 0 Å². The minimum atomic E-state index is -2.57. The van der Waals surface area contributed by atoms with Gasteiger partial charge in [0.05, 0.1) is 13.2 Å². The Morgan fingerprint density at radius 1 is 1.28 bits per heavy atom. The molecule has 0 aromatic heterocycles. The summed E-state index contributed by atoms with van der Waals surface area (Å²) in [5, 5.41) is 0. The minimum absolute atomic E-state index is 0.266. The molecule has 0 amide bonds. The maximum absolute atomic E-state index is 12.1. The second-order valence-corrected chi connectivity index (χ2v) is 6.01. The molecular formula is C13H32NO3P. The number of methoxy groups -OCH3 is 1. The van der Waals surface area contributed by atoms with Gasteiger partial charge in [-0.05, 0) is 19.8 Å².